The molecule has 0 aliphatic carbocycles. The van der Waals surface area contributed by atoms with Crippen LogP contribution in [-0.2, 0) is 6.54 Å². The first-order chi connectivity index (χ1) is 12.8. The molecule has 3 aromatic rings. The van der Waals surface area contributed by atoms with Crippen molar-refractivity contribution in [1.29, 1.82) is 0 Å². The van der Waals surface area contributed by atoms with Gasteiger partial charge in [0.1, 0.15) is 0 Å². The van der Waals surface area contributed by atoms with Crippen molar-refractivity contribution in [3.05, 3.63) is 75.6 Å². The van der Waals surface area contributed by atoms with Crippen LogP contribution in [0.5, 0.6) is 0 Å². The lowest BCUT2D eigenvalue weighted by Crippen LogP contribution is -2.20. The van der Waals surface area contributed by atoms with Gasteiger partial charge >= 0.3 is 0 Å². The fourth-order valence-corrected chi connectivity index (χ4v) is 3.27. The predicted molar refractivity (Wildman–Crippen MR) is 118 cm³/mol. The van der Waals surface area contributed by atoms with Crippen LogP contribution in [0.1, 0.15) is 28.1 Å². The minimum absolute atomic E-state index is 0.556. The second-order valence-electron chi connectivity index (χ2n) is 6.73. The number of aryl methyl sites for hydroxylation is 3. The SMILES string of the molecule is Cc1ccc(C)c(NC(=S)Nc2c(C)nn(Cc3ccc(Cl)cc3)c2C)c1. The zero-order valence-electron chi connectivity index (χ0n) is 15.9. The molecular weight excluding hydrogens is 376 g/mol. The van der Waals surface area contributed by atoms with E-state index in [1.54, 1.807) is 0 Å². The van der Waals surface area contributed by atoms with Crippen LogP contribution in [0.4, 0.5) is 11.4 Å². The zero-order chi connectivity index (χ0) is 19.6. The summed E-state index contributed by atoms with van der Waals surface area (Å²) in [6.45, 7) is 8.83. The van der Waals surface area contributed by atoms with Gasteiger partial charge in [0.2, 0.25) is 0 Å². The van der Waals surface area contributed by atoms with Gasteiger partial charge in [-0.15, -0.1) is 0 Å². The Morgan fingerprint density at radius 3 is 2.44 bits per heavy atom. The summed E-state index contributed by atoms with van der Waals surface area (Å²) in [7, 11) is 0. The van der Waals surface area contributed by atoms with Gasteiger partial charge in [0.25, 0.3) is 0 Å². The summed E-state index contributed by atoms with van der Waals surface area (Å²) in [5.41, 5.74) is 7.38. The number of aromatic nitrogens is 2. The van der Waals surface area contributed by atoms with Gasteiger partial charge < -0.3 is 10.6 Å². The second-order valence-corrected chi connectivity index (χ2v) is 7.57. The summed E-state index contributed by atoms with van der Waals surface area (Å²) in [6, 6.07) is 14.1. The summed E-state index contributed by atoms with van der Waals surface area (Å²) >= 11 is 11.5. The van der Waals surface area contributed by atoms with Gasteiger partial charge in [0, 0.05) is 10.7 Å². The molecule has 0 spiro atoms. The molecule has 140 valence electrons. The minimum atomic E-state index is 0.556. The number of halogens is 1. The third kappa shape index (κ3) is 4.67. The number of benzene rings is 2. The van der Waals surface area contributed by atoms with Gasteiger partial charge in [-0.05, 0) is 74.8 Å². The number of nitrogens with one attached hydrogen (secondary N) is 2. The highest BCUT2D eigenvalue weighted by atomic mass is 35.5. The maximum Gasteiger partial charge on any atom is 0.175 e. The molecule has 2 aromatic carbocycles. The van der Waals surface area contributed by atoms with E-state index < -0.39 is 0 Å². The highest BCUT2D eigenvalue weighted by Crippen LogP contribution is 2.22. The molecule has 0 unspecified atom stereocenters. The third-order valence-corrected chi connectivity index (χ3v) is 4.96. The summed E-state index contributed by atoms with van der Waals surface area (Å²) in [6.07, 6.45) is 0. The largest absolute Gasteiger partial charge is 0.332 e. The van der Waals surface area contributed by atoms with E-state index in [1.807, 2.05) is 42.8 Å². The topological polar surface area (TPSA) is 41.9 Å². The van der Waals surface area contributed by atoms with E-state index in [0.29, 0.717) is 11.7 Å². The maximum absolute atomic E-state index is 5.97. The van der Waals surface area contributed by atoms with Crippen molar-refractivity contribution in [3.63, 3.8) is 0 Å². The minimum Gasteiger partial charge on any atom is -0.332 e. The maximum atomic E-state index is 5.97. The smallest absolute Gasteiger partial charge is 0.175 e. The van der Waals surface area contributed by atoms with E-state index >= 15 is 0 Å². The summed E-state index contributed by atoms with van der Waals surface area (Å²) < 4.78 is 1.97. The number of thiocarbonyl (C=S) groups is 1. The fraction of sp³-hybridized carbons (Fsp3) is 0.238. The van der Waals surface area contributed by atoms with Crippen LogP contribution in [0.25, 0.3) is 0 Å². The molecule has 0 radical (unpaired) electrons. The van der Waals surface area contributed by atoms with Crippen LogP contribution in [0.3, 0.4) is 0 Å². The summed E-state index contributed by atoms with van der Waals surface area (Å²) in [5.74, 6) is 0. The molecule has 0 amide bonds. The molecule has 2 N–H and O–H groups in total. The molecule has 0 saturated carbocycles. The Labute approximate surface area is 170 Å². The quantitative estimate of drug-likeness (QED) is 0.559. The van der Waals surface area contributed by atoms with Crippen molar-refractivity contribution in [2.24, 2.45) is 0 Å². The zero-order valence-corrected chi connectivity index (χ0v) is 17.5. The molecular formula is C21H23ClN4S. The molecule has 4 nitrogen and oxygen atoms in total. The molecule has 0 aliphatic rings. The van der Waals surface area contributed by atoms with Crippen molar-refractivity contribution in [1.82, 2.24) is 9.78 Å². The lowest BCUT2D eigenvalue weighted by Gasteiger charge is -2.13. The van der Waals surface area contributed by atoms with E-state index in [4.69, 9.17) is 23.8 Å². The predicted octanol–water partition coefficient (Wildman–Crippen LogP) is 5.63. The molecule has 0 aliphatic heterocycles. The lowest BCUT2D eigenvalue weighted by molar-refractivity contribution is 0.659. The molecule has 0 fully saturated rings. The highest BCUT2D eigenvalue weighted by molar-refractivity contribution is 7.80. The Kier molecular flexibility index (Phi) is 5.82. The van der Waals surface area contributed by atoms with Crippen LogP contribution in [0.15, 0.2) is 42.5 Å². The first-order valence-electron chi connectivity index (χ1n) is 8.77. The number of anilines is 2. The van der Waals surface area contributed by atoms with E-state index in [2.05, 4.69) is 47.8 Å². The van der Waals surface area contributed by atoms with Crippen LogP contribution in [-0.4, -0.2) is 14.9 Å². The normalized spacial score (nSPS) is 10.7. The van der Waals surface area contributed by atoms with Crippen molar-refractivity contribution in [2.45, 2.75) is 34.2 Å². The van der Waals surface area contributed by atoms with E-state index in [1.165, 1.54) is 5.56 Å². The lowest BCUT2D eigenvalue weighted by atomic mass is 10.1. The van der Waals surface area contributed by atoms with Gasteiger partial charge in [0.15, 0.2) is 5.11 Å². The van der Waals surface area contributed by atoms with Crippen molar-refractivity contribution < 1.29 is 0 Å². The third-order valence-electron chi connectivity index (χ3n) is 4.51. The Hall–Kier alpha value is -2.37. The second kappa shape index (κ2) is 8.11. The van der Waals surface area contributed by atoms with Crippen molar-refractivity contribution in [3.8, 4) is 0 Å². The van der Waals surface area contributed by atoms with E-state index in [-0.39, 0.29) is 0 Å². The van der Waals surface area contributed by atoms with Crippen LogP contribution in [0.2, 0.25) is 5.02 Å². The number of nitrogens with zero attached hydrogens (tertiary/aromatic N) is 2. The molecule has 1 heterocycles. The van der Waals surface area contributed by atoms with Gasteiger partial charge in [-0.3, -0.25) is 4.68 Å². The van der Waals surface area contributed by atoms with Crippen LogP contribution >= 0.6 is 23.8 Å². The fourth-order valence-electron chi connectivity index (χ4n) is 2.93. The van der Waals surface area contributed by atoms with E-state index in [9.17, 15) is 0 Å². The van der Waals surface area contributed by atoms with Crippen LogP contribution < -0.4 is 10.6 Å². The highest BCUT2D eigenvalue weighted by Gasteiger charge is 2.13. The molecule has 1 aromatic heterocycles. The van der Waals surface area contributed by atoms with Gasteiger partial charge in [-0.2, -0.15) is 5.10 Å². The number of rotatable bonds is 4. The number of hydrogen-bond donors (Lipinski definition) is 2. The van der Waals surface area contributed by atoms with Crippen LogP contribution in [0, 0.1) is 27.7 Å². The van der Waals surface area contributed by atoms with Gasteiger partial charge in [0.05, 0.1) is 23.6 Å². The molecule has 0 atom stereocenters. The summed E-state index contributed by atoms with van der Waals surface area (Å²) in [5, 5.41) is 12.5. The Bertz CT molecular complexity index is 977. The summed E-state index contributed by atoms with van der Waals surface area (Å²) in [4.78, 5) is 0. The average Bonchev–Trinajstić information content (AvgIpc) is 2.87. The molecule has 0 bridgehead atoms. The first kappa shape index (κ1) is 19.4. The Morgan fingerprint density at radius 1 is 1.04 bits per heavy atom. The van der Waals surface area contributed by atoms with Crippen molar-refractivity contribution in [2.75, 3.05) is 10.6 Å². The number of hydrogen-bond acceptors (Lipinski definition) is 2. The van der Waals surface area contributed by atoms with Crippen molar-refractivity contribution >= 4 is 40.3 Å². The molecule has 0 saturated heterocycles. The van der Waals surface area contributed by atoms with Gasteiger partial charge in [-0.1, -0.05) is 35.9 Å². The Balaban J connectivity index is 1.75. The monoisotopic (exact) mass is 398 g/mol. The first-order valence-corrected chi connectivity index (χ1v) is 9.56. The molecule has 27 heavy (non-hydrogen) atoms. The Morgan fingerprint density at radius 2 is 1.74 bits per heavy atom. The molecule has 6 heteroatoms. The van der Waals surface area contributed by atoms with Gasteiger partial charge in [-0.25, -0.2) is 0 Å². The molecule has 3 rings (SSSR count). The standard InChI is InChI=1S/C21H23ClN4S/c1-13-5-6-14(2)19(11-13)23-21(27)24-20-15(3)25-26(16(20)4)12-17-7-9-18(22)10-8-17/h5-11H,12H2,1-4H3,(H2,23,24,27). The van der Waals surface area contributed by atoms with E-state index in [0.717, 1.165) is 38.9 Å². The average molecular weight is 399 g/mol.